The number of carbonyl (C=O) groups excluding carboxylic acids is 1. The van der Waals surface area contributed by atoms with Crippen molar-refractivity contribution >= 4 is 12.0 Å². The zero-order chi connectivity index (χ0) is 15.3. The standard InChI is InChI=1S/C16H18F3NO/c17-16(18,19)14-9-5-4-6-12(14)10-11-15(21)20-13-7-2-1-3-8-13/h4-6,9-11,13H,1-3,7-8H2,(H,20,21). The van der Waals surface area contributed by atoms with Gasteiger partial charge in [-0.25, -0.2) is 0 Å². The lowest BCUT2D eigenvalue weighted by molar-refractivity contribution is -0.137. The summed E-state index contributed by atoms with van der Waals surface area (Å²) < 4.78 is 38.4. The predicted molar refractivity (Wildman–Crippen MR) is 75.5 cm³/mol. The average Bonchev–Trinajstić information content (AvgIpc) is 2.45. The Hall–Kier alpha value is -1.78. The van der Waals surface area contributed by atoms with Crippen LogP contribution in [0, 0.1) is 0 Å². The van der Waals surface area contributed by atoms with Crippen molar-refractivity contribution in [3.8, 4) is 0 Å². The zero-order valence-electron chi connectivity index (χ0n) is 11.6. The van der Waals surface area contributed by atoms with E-state index in [0.29, 0.717) is 0 Å². The van der Waals surface area contributed by atoms with Crippen molar-refractivity contribution < 1.29 is 18.0 Å². The molecule has 0 unspecified atom stereocenters. The summed E-state index contributed by atoms with van der Waals surface area (Å²) in [6.45, 7) is 0. The first-order valence-corrected chi connectivity index (χ1v) is 7.11. The summed E-state index contributed by atoms with van der Waals surface area (Å²) in [5, 5.41) is 2.84. The number of hydrogen-bond donors (Lipinski definition) is 1. The number of amides is 1. The number of alkyl halides is 3. The van der Waals surface area contributed by atoms with Gasteiger partial charge in [-0.05, 0) is 30.5 Å². The molecule has 1 saturated carbocycles. The highest BCUT2D eigenvalue weighted by Crippen LogP contribution is 2.32. The summed E-state index contributed by atoms with van der Waals surface area (Å²) >= 11 is 0. The molecular formula is C16H18F3NO. The maximum absolute atomic E-state index is 12.8. The van der Waals surface area contributed by atoms with Crippen molar-refractivity contribution in [2.45, 2.75) is 44.3 Å². The molecule has 21 heavy (non-hydrogen) atoms. The number of nitrogens with one attached hydrogen (secondary N) is 1. The number of carbonyl (C=O) groups is 1. The molecule has 0 atom stereocenters. The van der Waals surface area contributed by atoms with E-state index in [9.17, 15) is 18.0 Å². The minimum absolute atomic E-state index is 0.00351. The Morgan fingerprint density at radius 3 is 2.48 bits per heavy atom. The van der Waals surface area contributed by atoms with Gasteiger partial charge in [0.2, 0.25) is 5.91 Å². The molecule has 1 aliphatic carbocycles. The minimum atomic E-state index is -4.42. The van der Waals surface area contributed by atoms with Gasteiger partial charge in [0.1, 0.15) is 0 Å². The highest BCUT2D eigenvalue weighted by atomic mass is 19.4. The van der Waals surface area contributed by atoms with E-state index in [-0.39, 0.29) is 17.5 Å². The van der Waals surface area contributed by atoms with E-state index in [1.54, 1.807) is 0 Å². The van der Waals surface area contributed by atoms with Crippen LogP contribution in [0.15, 0.2) is 30.3 Å². The monoisotopic (exact) mass is 297 g/mol. The quantitative estimate of drug-likeness (QED) is 0.834. The first-order valence-electron chi connectivity index (χ1n) is 7.11. The van der Waals surface area contributed by atoms with Crippen molar-refractivity contribution in [3.05, 3.63) is 41.5 Å². The highest BCUT2D eigenvalue weighted by molar-refractivity contribution is 5.92. The molecule has 1 aromatic carbocycles. The first kappa shape index (κ1) is 15.6. The fraction of sp³-hybridized carbons (Fsp3) is 0.438. The Bertz CT molecular complexity index is 516. The summed E-state index contributed by atoms with van der Waals surface area (Å²) in [7, 11) is 0. The molecule has 1 aromatic rings. The van der Waals surface area contributed by atoms with Crippen LogP contribution in [0.2, 0.25) is 0 Å². The van der Waals surface area contributed by atoms with E-state index in [4.69, 9.17) is 0 Å². The van der Waals surface area contributed by atoms with E-state index in [1.165, 1.54) is 36.8 Å². The Morgan fingerprint density at radius 2 is 1.81 bits per heavy atom. The van der Waals surface area contributed by atoms with Crippen LogP contribution < -0.4 is 5.32 Å². The predicted octanol–water partition coefficient (Wildman–Crippen LogP) is 4.17. The van der Waals surface area contributed by atoms with Crippen molar-refractivity contribution in [2.24, 2.45) is 0 Å². The Balaban J connectivity index is 2.02. The van der Waals surface area contributed by atoms with Crippen LogP contribution in [0.1, 0.15) is 43.2 Å². The lowest BCUT2D eigenvalue weighted by Crippen LogP contribution is -2.34. The van der Waals surface area contributed by atoms with E-state index in [2.05, 4.69) is 5.32 Å². The second-order valence-electron chi connectivity index (χ2n) is 5.26. The van der Waals surface area contributed by atoms with E-state index >= 15 is 0 Å². The number of halogens is 3. The van der Waals surface area contributed by atoms with Crippen LogP contribution in [-0.4, -0.2) is 11.9 Å². The van der Waals surface area contributed by atoms with Gasteiger partial charge in [-0.2, -0.15) is 13.2 Å². The maximum atomic E-state index is 12.8. The van der Waals surface area contributed by atoms with Gasteiger partial charge in [-0.3, -0.25) is 4.79 Å². The van der Waals surface area contributed by atoms with Gasteiger partial charge in [-0.1, -0.05) is 37.5 Å². The molecule has 5 heteroatoms. The third-order valence-corrected chi connectivity index (χ3v) is 3.63. The first-order chi connectivity index (χ1) is 9.97. The normalized spacial score (nSPS) is 17.1. The topological polar surface area (TPSA) is 29.1 Å². The summed E-state index contributed by atoms with van der Waals surface area (Å²) in [6.07, 6.45) is 3.23. The zero-order valence-corrected chi connectivity index (χ0v) is 11.6. The average molecular weight is 297 g/mol. The van der Waals surface area contributed by atoms with Crippen LogP contribution >= 0.6 is 0 Å². The lowest BCUT2D eigenvalue weighted by atomic mass is 9.95. The molecule has 0 saturated heterocycles. The maximum Gasteiger partial charge on any atom is 0.416 e. The third-order valence-electron chi connectivity index (χ3n) is 3.63. The molecular weight excluding hydrogens is 279 g/mol. The highest BCUT2D eigenvalue weighted by Gasteiger charge is 2.32. The Kier molecular flexibility index (Phi) is 5.04. The van der Waals surface area contributed by atoms with Crippen LogP contribution in [0.5, 0.6) is 0 Å². The van der Waals surface area contributed by atoms with E-state index in [1.807, 2.05) is 0 Å². The number of rotatable bonds is 3. The van der Waals surface area contributed by atoms with Crippen molar-refractivity contribution in [2.75, 3.05) is 0 Å². The van der Waals surface area contributed by atoms with Crippen molar-refractivity contribution in [1.82, 2.24) is 5.32 Å². The third kappa shape index (κ3) is 4.62. The molecule has 1 amide bonds. The summed E-state index contributed by atoms with van der Waals surface area (Å²) in [5.74, 6) is -0.334. The number of hydrogen-bond acceptors (Lipinski definition) is 1. The van der Waals surface area contributed by atoms with E-state index < -0.39 is 11.7 Å². The van der Waals surface area contributed by atoms with Gasteiger partial charge in [0.05, 0.1) is 5.56 Å². The summed E-state index contributed by atoms with van der Waals surface area (Å²) in [6, 6.07) is 5.37. The fourth-order valence-corrected chi connectivity index (χ4v) is 2.56. The van der Waals surface area contributed by atoms with Gasteiger partial charge < -0.3 is 5.32 Å². The van der Waals surface area contributed by atoms with E-state index in [0.717, 1.165) is 31.7 Å². The Morgan fingerprint density at radius 1 is 1.14 bits per heavy atom. The number of benzene rings is 1. The summed E-state index contributed by atoms with van der Waals surface area (Å²) in [5.41, 5.74) is -0.726. The van der Waals surface area contributed by atoms with Crippen LogP contribution in [0.25, 0.3) is 6.08 Å². The van der Waals surface area contributed by atoms with Crippen LogP contribution in [-0.2, 0) is 11.0 Å². The molecule has 0 spiro atoms. The molecule has 1 aliphatic rings. The Labute approximate surface area is 122 Å². The van der Waals surface area contributed by atoms with Crippen molar-refractivity contribution in [3.63, 3.8) is 0 Å². The van der Waals surface area contributed by atoms with Crippen LogP contribution in [0.4, 0.5) is 13.2 Å². The molecule has 2 nitrogen and oxygen atoms in total. The smallest absolute Gasteiger partial charge is 0.350 e. The largest absolute Gasteiger partial charge is 0.416 e. The second-order valence-corrected chi connectivity index (χ2v) is 5.26. The van der Waals surface area contributed by atoms with Gasteiger partial charge >= 0.3 is 6.18 Å². The second kappa shape index (κ2) is 6.78. The summed E-state index contributed by atoms with van der Waals surface area (Å²) in [4.78, 5) is 11.8. The fourth-order valence-electron chi connectivity index (χ4n) is 2.56. The SMILES string of the molecule is O=C(C=Cc1ccccc1C(F)(F)F)NC1CCCCC1. The minimum Gasteiger partial charge on any atom is -0.350 e. The molecule has 0 radical (unpaired) electrons. The molecule has 0 heterocycles. The van der Waals surface area contributed by atoms with Crippen LogP contribution in [0.3, 0.4) is 0 Å². The molecule has 1 N–H and O–H groups in total. The van der Waals surface area contributed by atoms with Gasteiger partial charge in [0.25, 0.3) is 0 Å². The van der Waals surface area contributed by atoms with Gasteiger partial charge in [0, 0.05) is 12.1 Å². The molecule has 1 fully saturated rings. The molecule has 0 aliphatic heterocycles. The molecule has 2 rings (SSSR count). The molecule has 114 valence electrons. The van der Waals surface area contributed by atoms with Gasteiger partial charge in [-0.15, -0.1) is 0 Å². The van der Waals surface area contributed by atoms with Crippen molar-refractivity contribution in [1.29, 1.82) is 0 Å². The lowest BCUT2D eigenvalue weighted by Gasteiger charge is -2.21. The molecule has 0 bridgehead atoms. The van der Waals surface area contributed by atoms with Gasteiger partial charge in [0.15, 0.2) is 0 Å². The molecule has 0 aromatic heterocycles.